The Morgan fingerprint density at radius 1 is 1.57 bits per heavy atom. The van der Waals surface area contributed by atoms with E-state index >= 15 is 0 Å². The molecule has 0 spiro atoms. The van der Waals surface area contributed by atoms with Crippen LogP contribution in [0.15, 0.2) is 12.1 Å². The average Bonchev–Trinajstić information content (AvgIpc) is 2.45. The Bertz CT molecular complexity index is 355. The predicted octanol–water partition coefficient (Wildman–Crippen LogP) is 2.56. The maximum absolute atomic E-state index is 9.40. The monoisotopic (exact) mass is 275 g/mol. The first-order chi connectivity index (χ1) is 6.70. The summed E-state index contributed by atoms with van der Waals surface area (Å²) in [7, 11) is 0. The molecular formula is C10H11BrClNO. The number of nitrogens with one attached hydrogen (secondary N) is 1. The molecule has 14 heavy (non-hydrogen) atoms. The summed E-state index contributed by atoms with van der Waals surface area (Å²) in [5.41, 5.74) is 3.25. The lowest BCUT2D eigenvalue weighted by atomic mass is 10.1. The van der Waals surface area contributed by atoms with E-state index in [1.54, 1.807) is 0 Å². The van der Waals surface area contributed by atoms with Crippen LogP contribution < -0.4 is 5.32 Å². The van der Waals surface area contributed by atoms with Crippen molar-refractivity contribution in [2.75, 3.05) is 10.6 Å². The van der Waals surface area contributed by atoms with Gasteiger partial charge in [0.1, 0.15) is 6.23 Å². The topological polar surface area (TPSA) is 32.3 Å². The van der Waals surface area contributed by atoms with E-state index in [9.17, 15) is 5.11 Å². The largest absolute Gasteiger partial charge is 0.373 e. The van der Waals surface area contributed by atoms with Gasteiger partial charge in [-0.3, -0.25) is 0 Å². The van der Waals surface area contributed by atoms with Gasteiger partial charge in [-0.25, -0.2) is 0 Å². The summed E-state index contributed by atoms with van der Waals surface area (Å²) in [4.78, 5) is 0. The molecule has 1 atom stereocenters. The molecule has 1 aliphatic heterocycles. The molecule has 1 aliphatic rings. The number of aliphatic hydroxyl groups excluding tert-OH is 1. The fourth-order valence-corrected chi connectivity index (χ4v) is 2.39. The zero-order valence-electron chi connectivity index (χ0n) is 7.56. The van der Waals surface area contributed by atoms with Gasteiger partial charge in [0.15, 0.2) is 0 Å². The lowest BCUT2D eigenvalue weighted by molar-refractivity contribution is 0.212. The normalized spacial score (nSPS) is 19.2. The smallest absolute Gasteiger partial charge is 0.128 e. The number of aliphatic hydroxyl groups is 1. The van der Waals surface area contributed by atoms with Crippen LogP contribution >= 0.6 is 27.5 Å². The van der Waals surface area contributed by atoms with Crippen LogP contribution in [0.1, 0.15) is 11.1 Å². The van der Waals surface area contributed by atoms with Crippen LogP contribution in [0.2, 0.25) is 5.02 Å². The Morgan fingerprint density at radius 3 is 3.07 bits per heavy atom. The van der Waals surface area contributed by atoms with Crippen LogP contribution in [0.4, 0.5) is 5.69 Å². The second-order valence-electron chi connectivity index (χ2n) is 3.40. The summed E-state index contributed by atoms with van der Waals surface area (Å²) < 4.78 is 0. The first-order valence-corrected chi connectivity index (χ1v) is 6.02. The zero-order chi connectivity index (χ0) is 10.1. The van der Waals surface area contributed by atoms with E-state index in [4.69, 9.17) is 11.6 Å². The van der Waals surface area contributed by atoms with E-state index < -0.39 is 6.23 Å². The maximum Gasteiger partial charge on any atom is 0.128 e. The van der Waals surface area contributed by atoms with E-state index in [0.717, 1.165) is 33.6 Å². The summed E-state index contributed by atoms with van der Waals surface area (Å²) in [6, 6.07) is 3.97. The van der Waals surface area contributed by atoms with Crippen LogP contribution in [0.3, 0.4) is 0 Å². The van der Waals surface area contributed by atoms with Crippen molar-refractivity contribution in [2.45, 2.75) is 19.1 Å². The van der Waals surface area contributed by atoms with Crippen molar-refractivity contribution >= 4 is 33.2 Å². The molecule has 2 rings (SSSR count). The number of benzene rings is 1. The Kier molecular flexibility index (Phi) is 3.00. The minimum Gasteiger partial charge on any atom is -0.373 e. The molecule has 0 aromatic heterocycles. The highest BCUT2D eigenvalue weighted by Crippen LogP contribution is 2.31. The lowest BCUT2D eigenvalue weighted by Crippen LogP contribution is -2.12. The van der Waals surface area contributed by atoms with E-state index in [1.807, 2.05) is 6.07 Å². The molecule has 1 aromatic rings. The summed E-state index contributed by atoms with van der Waals surface area (Å²) >= 11 is 9.48. The number of halogens is 2. The maximum atomic E-state index is 9.40. The fourth-order valence-electron chi connectivity index (χ4n) is 1.70. The molecular weight excluding hydrogens is 265 g/mol. The van der Waals surface area contributed by atoms with Crippen molar-refractivity contribution in [3.05, 3.63) is 28.3 Å². The number of fused-ring (bicyclic) bond motifs is 1. The van der Waals surface area contributed by atoms with E-state index in [-0.39, 0.29) is 0 Å². The Labute approximate surface area is 96.4 Å². The molecule has 0 amide bonds. The molecule has 2 N–H and O–H groups in total. The van der Waals surface area contributed by atoms with Gasteiger partial charge in [-0.15, -0.1) is 0 Å². The molecule has 1 aromatic carbocycles. The molecule has 0 aliphatic carbocycles. The minimum atomic E-state index is -0.458. The number of aryl methyl sites for hydroxylation is 1. The third-order valence-electron chi connectivity index (χ3n) is 2.37. The van der Waals surface area contributed by atoms with Crippen molar-refractivity contribution in [2.24, 2.45) is 0 Å². The Hall–Kier alpha value is -0.250. The van der Waals surface area contributed by atoms with E-state index in [2.05, 4.69) is 27.3 Å². The third-order valence-corrected chi connectivity index (χ3v) is 3.12. The van der Waals surface area contributed by atoms with Gasteiger partial charge in [-0.1, -0.05) is 33.6 Å². The molecule has 2 nitrogen and oxygen atoms in total. The number of rotatable bonds is 2. The summed E-state index contributed by atoms with van der Waals surface area (Å²) in [5.74, 6) is 0. The highest BCUT2D eigenvalue weighted by molar-refractivity contribution is 9.09. The molecule has 0 fully saturated rings. The first-order valence-electron chi connectivity index (χ1n) is 4.52. The first kappa shape index (κ1) is 10.3. The minimum absolute atomic E-state index is 0.458. The highest BCUT2D eigenvalue weighted by Gasteiger charge is 2.19. The van der Waals surface area contributed by atoms with Crippen molar-refractivity contribution in [1.29, 1.82) is 0 Å². The third kappa shape index (κ3) is 1.90. The van der Waals surface area contributed by atoms with E-state index in [1.165, 1.54) is 0 Å². The summed E-state index contributed by atoms with van der Waals surface area (Å²) in [6.07, 6.45) is 1.13. The quantitative estimate of drug-likeness (QED) is 0.814. The van der Waals surface area contributed by atoms with Crippen LogP contribution in [-0.4, -0.2) is 16.7 Å². The van der Waals surface area contributed by atoms with Crippen molar-refractivity contribution < 1.29 is 5.11 Å². The molecule has 1 unspecified atom stereocenters. The molecule has 1 heterocycles. The van der Waals surface area contributed by atoms with Crippen LogP contribution in [0, 0.1) is 0 Å². The van der Waals surface area contributed by atoms with E-state index in [0.29, 0.717) is 6.42 Å². The van der Waals surface area contributed by atoms with Crippen molar-refractivity contribution in [1.82, 2.24) is 0 Å². The van der Waals surface area contributed by atoms with Crippen LogP contribution in [-0.2, 0) is 12.8 Å². The SMILES string of the molecule is OC1Cc2cc(CCBr)c(Cl)cc2N1. The van der Waals surface area contributed by atoms with Gasteiger partial charge in [-0.2, -0.15) is 0 Å². The van der Waals surface area contributed by atoms with Crippen molar-refractivity contribution in [3.63, 3.8) is 0 Å². The highest BCUT2D eigenvalue weighted by atomic mass is 79.9. The predicted molar refractivity (Wildman–Crippen MR) is 62.3 cm³/mol. The number of alkyl halides is 1. The second-order valence-corrected chi connectivity index (χ2v) is 4.60. The fraction of sp³-hybridized carbons (Fsp3) is 0.400. The molecule has 0 radical (unpaired) electrons. The summed E-state index contributed by atoms with van der Waals surface area (Å²) in [5, 5.41) is 14.0. The second kappa shape index (κ2) is 4.09. The Balaban J connectivity index is 2.35. The van der Waals surface area contributed by atoms with Gasteiger partial charge in [0.25, 0.3) is 0 Å². The Morgan fingerprint density at radius 2 is 2.36 bits per heavy atom. The number of hydrogen-bond donors (Lipinski definition) is 2. The molecule has 4 heteroatoms. The van der Waals surface area contributed by atoms with Gasteiger partial charge in [0, 0.05) is 22.5 Å². The van der Waals surface area contributed by atoms with Crippen molar-refractivity contribution in [3.8, 4) is 0 Å². The zero-order valence-corrected chi connectivity index (χ0v) is 9.90. The van der Waals surface area contributed by atoms with Crippen LogP contribution in [0.5, 0.6) is 0 Å². The van der Waals surface area contributed by atoms with Crippen LogP contribution in [0.25, 0.3) is 0 Å². The molecule has 0 saturated carbocycles. The number of anilines is 1. The molecule has 76 valence electrons. The lowest BCUT2D eigenvalue weighted by Gasteiger charge is -2.06. The molecule has 0 bridgehead atoms. The van der Waals surface area contributed by atoms with Gasteiger partial charge in [-0.05, 0) is 23.6 Å². The molecule has 0 saturated heterocycles. The van der Waals surface area contributed by atoms with Gasteiger partial charge in [0.05, 0.1) is 0 Å². The van der Waals surface area contributed by atoms with Gasteiger partial charge < -0.3 is 10.4 Å². The van der Waals surface area contributed by atoms with Gasteiger partial charge >= 0.3 is 0 Å². The summed E-state index contributed by atoms with van der Waals surface area (Å²) in [6.45, 7) is 0. The standard InChI is InChI=1S/C10H11BrClNO/c11-2-1-6-3-7-4-10(14)13-9(7)5-8(6)12/h3,5,10,13-14H,1-2,4H2. The average molecular weight is 277 g/mol. The number of hydrogen-bond acceptors (Lipinski definition) is 2. The van der Waals surface area contributed by atoms with Gasteiger partial charge in [0.2, 0.25) is 0 Å².